The molecule has 2 aromatic heterocycles. The number of ether oxygens (including phenoxy) is 1. The van der Waals surface area contributed by atoms with E-state index in [1.54, 1.807) is 6.07 Å². The Morgan fingerprint density at radius 2 is 1.77 bits per heavy atom. The number of amides is 1. The van der Waals surface area contributed by atoms with Crippen molar-refractivity contribution >= 4 is 21.7 Å². The maximum Gasteiger partial charge on any atom is 0.281 e. The lowest BCUT2D eigenvalue weighted by molar-refractivity contribution is 0.0978. The SMILES string of the molecule is Cc1cc(C)c(Oc2nc3c(cc2C(=O)NS(=O)(=O)c2cccc(N)n2)CCCC3(C)C)c(C)c1. The molecule has 0 radical (unpaired) electrons. The minimum Gasteiger partial charge on any atom is -0.438 e. The van der Waals surface area contributed by atoms with Gasteiger partial charge in [0.05, 0.1) is 5.69 Å². The maximum atomic E-state index is 13.3. The molecule has 1 aromatic carbocycles. The number of carbonyl (C=O) groups is 1. The van der Waals surface area contributed by atoms with E-state index in [2.05, 4.69) is 23.6 Å². The van der Waals surface area contributed by atoms with Crippen LogP contribution >= 0.6 is 0 Å². The van der Waals surface area contributed by atoms with Crippen LogP contribution in [0.5, 0.6) is 11.6 Å². The predicted molar refractivity (Wildman–Crippen MR) is 134 cm³/mol. The van der Waals surface area contributed by atoms with Gasteiger partial charge in [-0.1, -0.05) is 37.6 Å². The van der Waals surface area contributed by atoms with Gasteiger partial charge in [-0.2, -0.15) is 8.42 Å². The third kappa shape index (κ3) is 5.00. The fourth-order valence-corrected chi connectivity index (χ4v) is 5.57. The summed E-state index contributed by atoms with van der Waals surface area (Å²) in [7, 11) is -4.26. The van der Waals surface area contributed by atoms with Crippen molar-refractivity contribution in [3.63, 3.8) is 0 Å². The molecule has 9 heteroatoms. The number of aryl methyl sites for hydroxylation is 4. The second kappa shape index (κ2) is 8.96. The summed E-state index contributed by atoms with van der Waals surface area (Å²) in [6.45, 7) is 10.1. The molecule has 0 fully saturated rings. The second-order valence-electron chi connectivity index (χ2n) is 9.75. The van der Waals surface area contributed by atoms with E-state index < -0.39 is 15.9 Å². The second-order valence-corrected chi connectivity index (χ2v) is 11.4. The number of rotatable bonds is 5. The molecule has 1 amide bonds. The molecule has 184 valence electrons. The van der Waals surface area contributed by atoms with Crippen molar-refractivity contribution in [2.45, 2.75) is 64.3 Å². The molecule has 3 aromatic rings. The summed E-state index contributed by atoms with van der Waals surface area (Å²) in [6.07, 6.45) is 2.65. The normalized spacial score (nSPS) is 14.8. The van der Waals surface area contributed by atoms with Crippen LogP contribution in [0.1, 0.15) is 65.0 Å². The van der Waals surface area contributed by atoms with Gasteiger partial charge in [-0.05, 0) is 74.9 Å². The highest BCUT2D eigenvalue weighted by Gasteiger charge is 2.33. The number of nitrogen functional groups attached to an aromatic ring is 1. The highest BCUT2D eigenvalue weighted by Crippen LogP contribution is 2.39. The van der Waals surface area contributed by atoms with Crippen molar-refractivity contribution in [2.75, 3.05) is 5.73 Å². The Kier molecular flexibility index (Phi) is 6.31. The highest BCUT2D eigenvalue weighted by atomic mass is 32.2. The van der Waals surface area contributed by atoms with Crippen molar-refractivity contribution in [1.82, 2.24) is 14.7 Å². The Bertz CT molecular complexity index is 1410. The van der Waals surface area contributed by atoms with E-state index >= 15 is 0 Å². The van der Waals surface area contributed by atoms with Crippen LogP contribution in [0.2, 0.25) is 0 Å². The van der Waals surface area contributed by atoms with Gasteiger partial charge in [0, 0.05) is 5.41 Å². The van der Waals surface area contributed by atoms with Crippen molar-refractivity contribution in [1.29, 1.82) is 0 Å². The van der Waals surface area contributed by atoms with Gasteiger partial charge in [0.2, 0.25) is 5.88 Å². The molecule has 0 aliphatic heterocycles. The zero-order chi connectivity index (χ0) is 25.5. The first-order chi connectivity index (χ1) is 16.4. The molecule has 0 unspecified atom stereocenters. The van der Waals surface area contributed by atoms with Gasteiger partial charge in [0.1, 0.15) is 17.1 Å². The quantitative estimate of drug-likeness (QED) is 0.535. The number of pyridine rings is 2. The van der Waals surface area contributed by atoms with Crippen LogP contribution in [0.15, 0.2) is 41.4 Å². The summed E-state index contributed by atoms with van der Waals surface area (Å²) in [6, 6.07) is 9.88. The molecular weight excluding hydrogens is 464 g/mol. The van der Waals surface area contributed by atoms with E-state index in [1.807, 2.05) is 32.9 Å². The molecule has 4 rings (SSSR count). The fraction of sp³-hybridized carbons (Fsp3) is 0.346. The van der Waals surface area contributed by atoms with E-state index in [1.165, 1.54) is 18.2 Å². The fourth-order valence-electron chi connectivity index (χ4n) is 4.63. The average Bonchev–Trinajstić information content (AvgIpc) is 2.75. The third-order valence-electron chi connectivity index (χ3n) is 6.25. The van der Waals surface area contributed by atoms with E-state index in [-0.39, 0.29) is 27.7 Å². The topological polar surface area (TPSA) is 124 Å². The number of nitrogens with one attached hydrogen (secondary N) is 1. The number of nitrogens with zero attached hydrogens (tertiary/aromatic N) is 2. The van der Waals surface area contributed by atoms with Crippen molar-refractivity contribution in [3.05, 3.63) is 69.9 Å². The van der Waals surface area contributed by atoms with Gasteiger partial charge in [-0.3, -0.25) is 4.79 Å². The van der Waals surface area contributed by atoms with Gasteiger partial charge >= 0.3 is 0 Å². The largest absolute Gasteiger partial charge is 0.438 e. The number of hydrogen-bond donors (Lipinski definition) is 2. The van der Waals surface area contributed by atoms with E-state index in [0.717, 1.165) is 47.2 Å². The van der Waals surface area contributed by atoms with Crippen molar-refractivity contribution in [3.8, 4) is 11.6 Å². The van der Waals surface area contributed by atoms with Crippen LogP contribution in [0.3, 0.4) is 0 Å². The number of nitrogens with two attached hydrogens (primary N) is 1. The Balaban J connectivity index is 1.80. The smallest absolute Gasteiger partial charge is 0.281 e. The third-order valence-corrected chi connectivity index (χ3v) is 7.48. The number of sulfonamides is 1. The molecule has 8 nitrogen and oxygen atoms in total. The number of hydrogen-bond acceptors (Lipinski definition) is 7. The van der Waals surface area contributed by atoms with Crippen LogP contribution < -0.4 is 15.2 Å². The first-order valence-electron chi connectivity index (χ1n) is 11.5. The van der Waals surface area contributed by atoms with Crippen molar-refractivity contribution < 1.29 is 17.9 Å². The number of aromatic nitrogens is 2. The lowest BCUT2D eigenvalue weighted by atomic mass is 9.75. The summed E-state index contributed by atoms with van der Waals surface area (Å²) >= 11 is 0. The average molecular weight is 495 g/mol. The zero-order valence-corrected chi connectivity index (χ0v) is 21.4. The summed E-state index contributed by atoms with van der Waals surface area (Å²) in [5.74, 6) is -0.147. The van der Waals surface area contributed by atoms with E-state index in [0.29, 0.717) is 5.75 Å². The lowest BCUT2D eigenvalue weighted by Crippen LogP contribution is -2.33. The molecule has 0 spiro atoms. The molecule has 2 heterocycles. The standard InChI is InChI=1S/C26H30N4O4S/c1-15-12-16(2)22(17(3)13-15)34-25-19(14-18-8-7-11-26(4,5)23(18)29-25)24(31)30-35(32,33)21-10-6-9-20(27)28-21/h6,9-10,12-14H,7-8,11H2,1-5H3,(H2,27,28)(H,30,31). The summed E-state index contributed by atoms with van der Waals surface area (Å²) in [4.78, 5) is 22.0. The predicted octanol–water partition coefficient (Wildman–Crippen LogP) is 4.51. The Morgan fingerprint density at radius 1 is 1.09 bits per heavy atom. The molecule has 35 heavy (non-hydrogen) atoms. The summed E-state index contributed by atoms with van der Waals surface area (Å²) < 4.78 is 34.1. The van der Waals surface area contributed by atoms with Crippen LogP contribution in [0.4, 0.5) is 5.82 Å². The molecule has 1 aliphatic carbocycles. The van der Waals surface area contributed by atoms with E-state index in [4.69, 9.17) is 15.5 Å². The summed E-state index contributed by atoms with van der Waals surface area (Å²) in [5.41, 5.74) is 10.1. The van der Waals surface area contributed by atoms with Crippen LogP contribution in [0.25, 0.3) is 0 Å². The van der Waals surface area contributed by atoms with Crippen LogP contribution in [-0.4, -0.2) is 24.3 Å². The molecule has 3 N–H and O–H groups in total. The minimum atomic E-state index is -4.26. The van der Waals surface area contributed by atoms with E-state index in [9.17, 15) is 13.2 Å². The minimum absolute atomic E-state index is 0.0346. The molecule has 1 aliphatic rings. The van der Waals surface area contributed by atoms with Gasteiger partial charge in [0.25, 0.3) is 15.9 Å². The molecule has 0 saturated carbocycles. The zero-order valence-electron chi connectivity index (χ0n) is 20.6. The Labute approximate surface area is 206 Å². The highest BCUT2D eigenvalue weighted by molar-refractivity contribution is 7.90. The van der Waals surface area contributed by atoms with Crippen LogP contribution in [0, 0.1) is 20.8 Å². The van der Waals surface area contributed by atoms with Crippen LogP contribution in [-0.2, 0) is 21.9 Å². The van der Waals surface area contributed by atoms with Gasteiger partial charge in [-0.15, -0.1) is 0 Å². The van der Waals surface area contributed by atoms with Gasteiger partial charge in [0.15, 0.2) is 5.03 Å². The first-order valence-corrected chi connectivity index (χ1v) is 13.0. The number of anilines is 1. The van der Waals surface area contributed by atoms with Gasteiger partial charge in [-0.25, -0.2) is 14.7 Å². The molecule has 0 bridgehead atoms. The summed E-state index contributed by atoms with van der Waals surface area (Å²) in [5, 5.41) is -0.342. The first kappa shape index (κ1) is 24.7. The monoisotopic (exact) mass is 494 g/mol. The Hall–Kier alpha value is -3.46. The lowest BCUT2D eigenvalue weighted by Gasteiger charge is -2.32. The number of benzene rings is 1. The number of fused-ring (bicyclic) bond motifs is 1. The molecule has 0 atom stereocenters. The van der Waals surface area contributed by atoms with Crippen molar-refractivity contribution in [2.24, 2.45) is 0 Å². The number of carbonyl (C=O) groups excluding carboxylic acids is 1. The molecular formula is C26H30N4O4S. The Morgan fingerprint density at radius 3 is 2.43 bits per heavy atom. The maximum absolute atomic E-state index is 13.3. The molecule has 0 saturated heterocycles. The van der Waals surface area contributed by atoms with Gasteiger partial charge < -0.3 is 10.5 Å².